The molecule has 0 fully saturated rings. The molecule has 2 aromatic rings. The highest BCUT2D eigenvalue weighted by atomic mass is 35.5. The Kier molecular flexibility index (Phi) is 6.07. The van der Waals surface area contributed by atoms with E-state index in [0.717, 1.165) is 5.56 Å². The van der Waals surface area contributed by atoms with Crippen molar-refractivity contribution in [1.29, 1.82) is 0 Å². The summed E-state index contributed by atoms with van der Waals surface area (Å²) < 4.78 is 26.5. The van der Waals surface area contributed by atoms with Crippen LogP contribution in [-0.4, -0.2) is 24.4 Å². The number of nitrogens with one attached hydrogen (secondary N) is 1. The number of nitrogens with zero attached hydrogens (tertiary/aromatic N) is 1. The number of rotatable bonds is 6. The number of benzene rings is 2. The molecule has 1 amide bonds. The minimum Gasteiger partial charge on any atom is -0.351 e. The SMILES string of the molecule is CN(CC(=O)NCc1ccc(F)cc1)Cc1c(F)cccc1Cl. The van der Waals surface area contributed by atoms with E-state index in [9.17, 15) is 13.6 Å². The van der Waals surface area contributed by atoms with Crippen LogP contribution in [0.5, 0.6) is 0 Å². The summed E-state index contributed by atoms with van der Waals surface area (Å²) >= 11 is 5.97. The zero-order chi connectivity index (χ0) is 16.8. The highest BCUT2D eigenvalue weighted by Crippen LogP contribution is 2.20. The van der Waals surface area contributed by atoms with Crippen molar-refractivity contribution in [3.05, 3.63) is 70.2 Å². The van der Waals surface area contributed by atoms with Gasteiger partial charge in [0, 0.05) is 23.7 Å². The van der Waals surface area contributed by atoms with Gasteiger partial charge in [-0.2, -0.15) is 0 Å². The largest absolute Gasteiger partial charge is 0.351 e. The summed E-state index contributed by atoms with van der Waals surface area (Å²) in [5, 5.41) is 3.07. The predicted octanol–water partition coefficient (Wildman–Crippen LogP) is 3.37. The van der Waals surface area contributed by atoms with E-state index in [1.165, 1.54) is 24.3 Å². The number of carbonyl (C=O) groups excluding carboxylic acids is 1. The van der Waals surface area contributed by atoms with Crippen molar-refractivity contribution >= 4 is 17.5 Å². The first-order chi connectivity index (χ1) is 11.0. The van der Waals surface area contributed by atoms with Crippen molar-refractivity contribution in [2.75, 3.05) is 13.6 Å². The fraction of sp³-hybridized carbons (Fsp3) is 0.235. The van der Waals surface area contributed by atoms with Crippen molar-refractivity contribution < 1.29 is 13.6 Å². The second-order valence-corrected chi connectivity index (χ2v) is 5.68. The van der Waals surface area contributed by atoms with Crippen LogP contribution in [0.2, 0.25) is 5.02 Å². The standard InChI is InChI=1S/C17H17ClF2N2O/c1-22(10-14-15(18)3-2-4-16(14)20)11-17(23)21-9-12-5-7-13(19)8-6-12/h2-8H,9-11H2,1H3,(H,21,23). The van der Waals surface area contributed by atoms with Gasteiger partial charge in [-0.15, -0.1) is 0 Å². The van der Waals surface area contributed by atoms with Crippen molar-refractivity contribution in [2.45, 2.75) is 13.1 Å². The molecule has 23 heavy (non-hydrogen) atoms. The van der Waals surface area contributed by atoms with Crippen LogP contribution in [0.25, 0.3) is 0 Å². The molecule has 0 saturated carbocycles. The van der Waals surface area contributed by atoms with E-state index in [-0.39, 0.29) is 24.8 Å². The number of carbonyl (C=O) groups is 1. The predicted molar refractivity (Wildman–Crippen MR) is 86.0 cm³/mol. The molecule has 1 N–H and O–H groups in total. The third-order valence-electron chi connectivity index (χ3n) is 3.31. The third-order valence-corrected chi connectivity index (χ3v) is 3.66. The van der Waals surface area contributed by atoms with Crippen LogP contribution in [0.3, 0.4) is 0 Å². The van der Waals surface area contributed by atoms with Crippen LogP contribution < -0.4 is 5.32 Å². The first-order valence-corrected chi connectivity index (χ1v) is 7.46. The summed E-state index contributed by atoms with van der Waals surface area (Å²) in [6.07, 6.45) is 0. The number of halogens is 3. The minimum atomic E-state index is -0.393. The number of likely N-dealkylation sites (N-methyl/N-ethyl adjacent to an activating group) is 1. The summed E-state index contributed by atoms with van der Waals surface area (Å²) in [6, 6.07) is 10.4. The van der Waals surface area contributed by atoms with Crippen LogP contribution in [0.15, 0.2) is 42.5 Å². The van der Waals surface area contributed by atoms with Gasteiger partial charge in [-0.25, -0.2) is 8.78 Å². The molecule has 0 spiro atoms. The van der Waals surface area contributed by atoms with Crippen LogP contribution in [-0.2, 0) is 17.9 Å². The Morgan fingerprint density at radius 1 is 1.17 bits per heavy atom. The van der Waals surface area contributed by atoms with Crippen LogP contribution in [0.4, 0.5) is 8.78 Å². The van der Waals surface area contributed by atoms with Gasteiger partial charge in [0.1, 0.15) is 11.6 Å². The normalized spacial score (nSPS) is 10.8. The lowest BCUT2D eigenvalue weighted by atomic mass is 10.2. The molecule has 0 atom stereocenters. The Hall–Kier alpha value is -1.98. The second kappa shape index (κ2) is 8.04. The minimum absolute atomic E-state index is 0.103. The van der Waals surface area contributed by atoms with Gasteiger partial charge in [-0.05, 0) is 36.9 Å². The molecule has 0 aliphatic heterocycles. The molecular formula is C17H17ClF2N2O. The summed E-state index contributed by atoms with van der Waals surface area (Å²) in [4.78, 5) is 13.6. The molecule has 2 rings (SSSR count). The molecule has 6 heteroatoms. The third kappa shape index (κ3) is 5.30. The van der Waals surface area contributed by atoms with E-state index < -0.39 is 5.82 Å². The Labute approximate surface area is 138 Å². The van der Waals surface area contributed by atoms with Crippen molar-refractivity contribution in [2.24, 2.45) is 0 Å². The van der Waals surface area contributed by atoms with Crippen molar-refractivity contribution in [3.63, 3.8) is 0 Å². The summed E-state index contributed by atoms with van der Waals surface area (Å²) in [7, 11) is 1.71. The molecule has 0 bridgehead atoms. The van der Waals surface area contributed by atoms with Gasteiger partial charge < -0.3 is 5.32 Å². The molecule has 122 valence electrons. The van der Waals surface area contributed by atoms with E-state index in [1.54, 1.807) is 30.1 Å². The lowest BCUT2D eigenvalue weighted by Crippen LogP contribution is -2.34. The van der Waals surface area contributed by atoms with Gasteiger partial charge in [0.25, 0.3) is 0 Å². The van der Waals surface area contributed by atoms with Crippen LogP contribution >= 0.6 is 11.6 Å². The summed E-state index contributed by atoms with van der Waals surface area (Å²) in [6.45, 7) is 0.648. The topological polar surface area (TPSA) is 32.3 Å². The Bertz CT molecular complexity index is 657. The first-order valence-electron chi connectivity index (χ1n) is 7.08. The summed E-state index contributed by atoms with van der Waals surface area (Å²) in [5.41, 5.74) is 1.17. The average Bonchev–Trinajstić information content (AvgIpc) is 2.50. The van der Waals surface area contributed by atoms with E-state index >= 15 is 0 Å². The number of hydrogen-bond donors (Lipinski definition) is 1. The quantitative estimate of drug-likeness (QED) is 0.876. The van der Waals surface area contributed by atoms with Gasteiger partial charge in [0.15, 0.2) is 0 Å². The van der Waals surface area contributed by atoms with Crippen molar-refractivity contribution in [3.8, 4) is 0 Å². The maximum atomic E-state index is 13.7. The number of hydrogen-bond acceptors (Lipinski definition) is 2. The van der Waals surface area contributed by atoms with Gasteiger partial charge in [0.05, 0.1) is 6.54 Å². The zero-order valence-electron chi connectivity index (χ0n) is 12.7. The van der Waals surface area contributed by atoms with Crippen molar-refractivity contribution in [1.82, 2.24) is 10.2 Å². The van der Waals surface area contributed by atoms with E-state index in [2.05, 4.69) is 5.32 Å². The second-order valence-electron chi connectivity index (χ2n) is 5.28. The lowest BCUT2D eigenvalue weighted by molar-refractivity contribution is -0.122. The average molecular weight is 339 g/mol. The van der Waals surface area contributed by atoms with Crippen LogP contribution in [0, 0.1) is 11.6 Å². The molecule has 2 aromatic carbocycles. The van der Waals surface area contributed by atoms with Gasteiger partial charge in [-0.1, -0.05) is 29.8 Å². The molecule has 0 saturated heterocycles. The highest BCUT2D eigenvalue weighted by molar-refractivity contribution is 6.31. The molecule has 3 nitrogen and oxygen atoms in total. The highest BCUT2D eigenvalue weighted by Gasteiger charge is 2.12. The number of amides is 1. The molecule has 0 unspecified atom stereocenters. The van der Waals surface area contributed by atoms with Crippen LogP contribution in [0.1, 0.15) is 11.1 Å². The van der Waals surface area contributed by atoms with Gasteiger partial charge in [0.2, 0.25) is 5.91 Å². The van der Waals surface area contributed by atoms with Gasteiger partial charge >= 0.3 is 0 Å². The monoisotopic (exact) mass is 338 g/mol. The fourth-order valence-electron chi connectivity index (χ4n) is 2.11. The molecule has 0 aliphatic rings. The molecule has 0 aromatic heterocycles. The maximum Gasteiger partial charge on any atom is 0.234 e. The Balaban J connectivity index is 1.84. The Morgan fingerprint density at radius 3 is 2.52 bits per heavy atom. The molecule has 0 aliphatic carbocycles. The molecule has 0 heterocycles. The summed E-state index contributed by atoms with van der Waals surface area (Å²) in [5.74, 6) is -0.915. The Morgan fingerprint density at radius 2 is 1.87 bits per heavy atom. The maximum absolute atomic E-state index is 13.7. The van der Waals surface area contributed by atoms with Gasteiger partial charge in [-0.3, -0.25) is 9.69 Å². The zero-order valence-corrected chi connectivity index (χ0v) is 13.4. The molecular weight excluding hydrogens is 322 g/mol. The lowest BCUT2D eigenvalue weighted by Gasteiger charge is -2.17. The smallest absolute Gasteiger partial charge is 0.234 e. The van der Waals surface area contributed by atoms with E-state index in [0.29, 0.717) is 17.1 Å². The molecule has 0 radical (unpaired) electrons. The van der Waals surface area contributed by atoms with E-state index in [4.69, 9.17) is 11.6 Å². The fourth-order valence-corrected chi connectivity index (χ4v) is 2.34. The first kappa shape index (κ1) is 17.4. The van der Waals surface area contributed by atoms with E-state index in [1.807, 2.05) is 0 Å².